The van der Waals surface area contributed by atoms with E-state index in [-0.39, 0.29) is 13.1 Å². The Balaban J connectivity index is 2.48. The molecular formula is C6H11N3O4. The van der Waals surface area contributed by atoms with E-state index in [9.17, 15) is 9.59 Å². The summed E-state index contributed by atoms with van der Waals surface area (Å²) in [6, 6.07) is 0. The molecule has 0 spiro atoms. The van der Waals surface area contributed by atoms with Gasteiger partial charge in [0.05, 0.1) is 6.54 Å². The van der Waals surface area contributed by atoms with Gasteiger partial charge in [0.15, 0.2) is 0 Å². The lowest BCUT2D eigenvalue weighted by molar-refractivity contribution is 0.122. The van der Waals surface area contributed by atoms with Crippen molar-refractivity contribution >= 4 is 12.2 Å². The standard InChI is InChI=1S/C6H11N3O4/c10-5(11)8-2-1-7-9(4-3-8)6(12)13/h7H,1-4H2,(H,10,11)(H,12,13). The Kier molecular flexibility index (Phi) is 2.91. The molecule has 3 N–H and O–H groups in total. The Morgan fingerprint density at radius 1 is 1.08 bits per heavy atom. The van der Waals surface area contributed by atoms with E-state index in [1.54, 1.807) is 0 Å². The van der Waals surface area contributed by atoms with Crippen LogP contribution in [0.2, 0.25) is 0 Å². The minimum absolute atomic E-state index is 0.154. The quantitative estimate of drug-likeness (QED) is 0.476. The predicted molar refractivity (Wildman–Crippen MR) is 42.3 cm³/mol. The maximum Gasteiger partial charge on any atom is 0.421 e. The fraction of sp³-hybridized carbons (Fsp3) is 0.667. The minimum atomic E-state index is -1.09. The molecule has 0 radical (unpaired) electrons. The van der Waals surface area contributed by atoms with Gasteiger partial charge in [-0.2, -0.15) is 0 Å². The first-order valence-electron chi connectivity index (χ1n) is 3.83. The summed E-state index contributed by atoms with van der Waals surface area (Å²) in [6.07, 6.45) is -2.11. The highest BCUT2D eigenvalue weighted by atomic mass is 16.4. The van der Waals surface area contributed by atoms with Gasteiger partial charge in [0.2, 0.25) is 0 Å². The summed E-state index contributed by atoms with van der Waals surface area (Å²) >= 11 is 0. The van der Waals surface area contributed by atoms with Gasteiger partial charge in [-0.3, -0.25) is 0 Å². The van der Waals surface area contributed by atoms with Gasteiger partial charge in [-0.05, 0) is 0 Å². The molecule has 0 unspecified atom stereocenters. The van der Waals surface area contributed by atoms with E-state index in [4.69, 9.17) is 10.2 Å². The number of nitrogens with one attached hydrogen (secondary N) is 1. The zero-order valence-corrected chi connectivity index (χ0v) is 6.93. The number of amides is 2. The summed E-state index contributed by atoms with van der Waals surface area (Å²) in [7, 11) is 0. The summed E-state index contributed by atoms with van der Waals surface area (Å²) in [6.45, 7) is 0.980. The van der Waals surface area contributed by atoms with E-state index in [0.717, 1.165) is 5.01 Å². The van der Waals surface area contributed by atoms with Gasteiger partial charge >= 0.3 is 12.2 Å². The third kappa shape index (κ3) is 2.48. The fourth-order valence-electron chi connectivity index (χ4n) is 1.09. The Labute approximate surface area is 74.5 Å². The van der Waals surface area contributed by atoms with Crippen LogP contribution in [-0.4, -0.2) is 58.5 Å². The monoisotopic (exact) mass is 189 g/mol. The van der Waals surface area contributed by atoms with Crippen molar-refractivity contribution in [3.8, 4) is 0 Å². The highest BCUT2D eigenvalue weighted by Gasteiger charge is 2.20. The second-order valence-electron chi connectivity index (χ2n) is 2.61. The number of rotatable bonds is 0. The maximum atomic E-state index is 10.5. The van der Waals surface area contributed by atoms with Gasteiger partial charge in [0.25, 0.3) is 0 Å². The van der Waals surface area contributed by atoms with Crippen molar-refractivity contribution in [2.45, 2.75) is 0 Å². The highest BCUT2D eigenvalue weighted by molar-refractivity contribution is 5.66. The summed E-state index contributed by atoms with van der Waals surface area (Å²) in [5.74, 6) is 0. The third-order valence-electron chi connectivity index (χ3n) is 1.78. The van der Waals surface area contributed by atoms with Gasteiger partial charge in [0, 0.05) is 19.6 Å². The lowest BCUT2D eigenvalue weighted by atomic mass is 10.5. The number of hydrogen-bond acceptors (Lipinski definition) is 3. The molecule has 1 aliphatic rings. The number of nitrogens with zero attached hydrogens (tertiary/aromatic N) is 2. The van der Waals surface area contributed by atoms with Crippen LogP contribution in [0.15, 0.2) is 0 Å². The van der Waals surface area contributed by atoms with Crippen LogP contribution >= 0.6 is 0 Å². The normalized spacial score (nSPS) is 18.2. The topological polar surface area (TPSA) is 93.1 Å². The molecule has 1 saturated heterocycles. The lowest BCUT2D eigenvalue weighted by Gasteiger charge is -2.16. The molecule has 7 heteroatoms. The fourth-order valence-corrected chi connectivity index (χ4v) is 1.09. The Bertz CT molecular complexity index is 198. The van der Waals surface area contributed by atoms with E-state index < -0.39 is 12.2 Å². The predicted octanol–water partition coefficient (Wildman–Crippen LogP) is -0.535. The first-order valence-corrected chi connectivity index (χ1v) is 3.83. The smallest absolute Gasteiger partial charge is 0.421 e. The molecule has 0 bridgehead atoms. The van der Waals surface area contributed by atoms with Gasteiger partial charge in [-0.15, -0.1) is 0 Å². The van der Waals surface area contributed by atoms with Crippen LogP contribution in [0.25, 0.3) is 0 Å². The number of carbonyl (C=O) groups is 2. The third-order valence-corrected chi connectivity index (χ3v) is 1.78. The SMILES string of the molecule is O=C(O)N1CCNN(C(=O)O)CC1. The molecule has 74 valence electrons. The maximum absolute atomic E-state index is 10.5. The van der Waals surface area contributed by atoms with Gasteiger partial charge in [0.1, 0.15) is 0 Å². The molecule has 0 atom stereocenters. The van der Waals surface area contributed by atoms with Crippen LogP contribution < -0.4 is 5.43 Å². The molecule has 1 rings (SSSR count). The largest absolute Gasteiger partial charge is 0.465 e. The molecule has 7 nitrogen and oxygen atoms in total. The van der Waals surface area contributed by atoms with E-state index in [1.807, 2.05) is 0 Å². The van der Waals surface area contributed by atoms with Gasteiger partial charge in [-0.1, -0.05) is 0 Å². The van der Waals surface area contributed by atoms with Gasteiger partial charge < -0.3 is 15.1 Å². The Morgan fingerprint density at radius 3 is 2.31 bits per heavy atom. The molecule has 13 heavy (non-hydrogen) atoms. The van der Waals surface area contributed by atoms with Crippen molar-refractivity contribution < 1.29 is 19.8 Å². The first kappa shape index (κ1) is 9.59. The summed E-state index contributed by atoms with van der Waals surface area (Å²) in [5.41, 5.74) is 2.59. The zero-order chi connectivity index (χ0) is 9.84. The average molecular weight is 189 g/mol. The first-order chi connectivity index (χ1) is 6.11. The average Bonchev–Trinajstić information content (AvgIpc) is 2.27. The van der Waals surface area contributed by atoms with E-state index in [0.29, 0.717) is 13.1 Å². The van der Waals surface area contributed by atoms with Gasteiger partial charge in [-0.25, -0.2) is 20.0 Å². The second-order valence-corrected chi connectivity index (χ2v) is 2.61. The second kappa shape index (κ2) is 3.94. The zero-order valence-electron chi connectivity index (χ0n) is 6.93. The molecule has 1 aliphatic heterocycles. The van der Waals surface area contributed by atoms with Crippen molar-refractivity contribution in [3.63, 3.8) is 0 Å². The van der Waals surface area contributed by atoms with E-state index in [2.05, 4.69) is 5.43 Å². The number of hydrogen-bond donors (Lipinski definition) is 3. The van der Waals surface area contributed by atoms with Crippen molar-refractivity contribution in [2.75, 3.05) is 26.2 Å². The molecule has 0 aromatic carbocycles. The molecule has 2 amide bonds. The lowest BCUT2D eigenvalue weighted by Crippen LogP contribution is -2.42. The van der Waals surface area contributed by atoms with Crippen molar-refractivity contribution in [2.24, 2.45) is 0 Å². The van der Waals surface area contributed by atoms with Crippen LogP contribution in [0.5, 0.6) is 0 Å². The molecular weight excluding hydrogens is 178 g/mol. The van der Waals surface area contributed by atoms with Crippen LogP contribution in [0.1, 0.15) is 0 Å². The van der Waals surface area contributed by atoms with Crippen LogP contribution in [0, 0.1) is 0 Å². The minimum Gasteiger partial charge on any atom is -0.465 e. The molecule has 1 heterocycles. The molecule has 0 aliphatic carbocycles. The summed E-state index contributed by atoms with van der Waals surface area (Å²) in [4.78, 5) is 22.2. The van der Waals surface area contributed by atoms with E-state index >= 15 is 0 Å². The summed E-state index contributed by atoms with van der Waals surface area (Å²) < 4.78 is 0. The van der Waals surface area contributed by atoms with Crippen molar-refractivity contribution in [1.29, 1.82) is 0 Å². The molecule has 0 aromatic rings. The molecule has 0 saturated carbocycles. The molecule has 0 aromatic heterocycles. The number of hydrazine groups is 1. The highest BCUT2D eigenvalue weighted by Crippen LogP contribution is 1.95. The Hall–Kier alpha value is -1.50. The number of carboxylic acid groups (broad SMARTS) is 2. The van der Waals surface area contributed by atoms with Crippen molar-refractivity contribution in [1.82, 2.24) is 15.3 Å². The summed E-state index contributed by atoms with van der Waals surface area (Å²) in [5, 5.41) is 18.2. The Morgan fingerprint density at radius 2 is 1.77 bits per heavy atom. The molecule has 1 fully saturated rings. The van der Waals surface area contributed by atoms with E-state index in [1.165, 1.54) is 4.90 Å². The van der Waals surface area contributed by atoms with Crippen molar-refractivity contribution in [3.05, 3.63) is 0 Å². The van der Waals surface area contributed by atoms with Crippen LogP contribution in [0.4, 0.5) is 9.59 Å². The van der Waals surface area contributed by atoms with Crippen LogP contribution in [-0.2, 0) is 0 Å². The van der Waals surface area contributed by atoms with Crippen LogP contribution in [0.3, 0.4) is 0 Å².